The number of aryl methyl sites for hydroxylation is 1. The minimum Gasteiger partial charge on any atom is -0.318 e. The average Bonchev–Trinajstić information content (AvgIpc) is 2.44. The molecule has 102 valence electrons. The highest BCUT2D eigenvalue weighted by molar-refractivity contribution is 9.10. The van der Waals surface area contributed by atoms with E-state index < -0.39 is 11.8 Å². The zero-order chi connectivity index (χ0) is 14.5. The summed E-state index contributed by atoms with van der Waals surface area (Å²) >= 11 is 3.30. The third-order valence-electron chi connectivity index (χ3n) is 2.64. The number of carbonyl (C=O) groups is 2. The minimum atomic E-state index is -0.711. The molecular weight excluding hydrogens is 320 g/mol. The molecule has 0 saturated carbocycles. The molecule has 20 heavy (non-hydrogen) atoms. The second-order valence-corrected chi connectivity index (χ2v) is 5.11. The van der Waals surface area contributed by atoms with Crippen molar-refractivity contribution in [2.75, 3.05) is 10.6 Å². The van der Waals surface area contributed by atoms with Crippen molar-refractivity contribution >= 4 is 39.1 Å². The van der Waals surface area contributed by atoms with Gasteiger partial charge < -0.3 is 10.6 Å². The third kappa shape index (κ3) is 3.68. The van der Waals surface area contributed by atoms with Gasteiger partial charge in [0.15, 0.2) is 0 Å². The number of halogens is 1. The van der Waals surface area contributed by atoms with E-state index in [-0.39, 0.29) is 0 Å². The first-order valence-electron chi connectivity index (χ1n) is 6.00. The van der Waals surface area contributed by atoms with Crippen LogP contribution in [0.5, 0.6) is 0 Å². The molecule has 0 radical (unpaired) electrons. The second-order valence-electron chi connectivity index (χ2n) is 4.25. The number of nitrogens with one attached hydrogen (secondary N) is 2. The Morgan fingerprint density at radius 3 is 2.15 bits per heavy atom. The Balaban J connectivity index is 2.01. The summed E-state index contributed by atoms with van der Waals surface area (Å²) < 4.78 is 0.719. The molecule has 0 atom stereocenters. The molecule has 2 amide bonds. The Hall–Kier alpha value is -2.14. The molecule has 0 aromatic heterocycles. The topological polar surface area (TPSA) is 58.2 Å². The maximum Gasteiger partial charge on any atom is 0.314 e. The van der Waals surface area contributed by atoms with E-state index in [0.717, 1.165) is 10.0 Å². The van der Waals surface area contributed by atoms with E-state index in [4.69, 9.17) is 0 Å². The molecule has 4 nitrogen and oxygen atoms in total. The Morgan fingerprint density at radius 2 is 1.50 bits per heavy atom. The molecule has 0 heterocycles. The number of benzene rings is 2. The van der Waals surface area contributed by atoms with E-state index in [1.807, 2.05) is 25.1 Å². The van der Waals surface area contributed by atoms with E-state index in [0.29, 0.717) is 11.4 Å². The van der Waals surface area contributed by atoms with Crippen LogP contribution in [0.25, 0.3) is 0 Å². The number of hydrogen-bond acceptors (Lipinski definition) is 2. The lowest BCUT2D eigenvalue weighted by Gasteiger charge is -2.08. The van der Waals surface area contributed by atoms with Crippen LogP contribution in [0, 0.1) is 6.92 Å². The van der Waals surface area contributed by atoms with Gasteiger partial charge in [-0.1, -0.05) is 29.8 Å². The van der Waals surface area contributed by atoms with Gasteiger partial charge in [-0.25, -0.2) is 0 Å². The summed E-state index contributed by atoms with van der Waals surface area (Å²) in [5, 5.41) is 5.09. The number of para-hydroxylation sites is 1. The Kier molecular flexibility index (Phi) is 4.53. The van der Waals surface area contributed by atoms with Gasteiger partial charge in [0.25, 0.3) is 0 Å². The molecule has 0 saturated heterocycles. The molecule has 5 heteroatoms. The van der Waals surface area contributed by atoms with Crippen LogP contribution in [-0.4, -0.2) is 11.8 Å². The Labute approximate surface area is 125 Å². The van der Waals surface area contributed by atoms with Crippen molar-refractivity contribution in [3.8, 4) is 0 Å². The van der Waals surface area contributed by atoms with Crippen molar-refractivity contribution in [3.05, 3.63) is 58.6 Å². The first kappa shape index (κ1) is 14.3. The fourth-order valence-electron chi connectivity index (χ4n) is 1.57. The van der Waals surface area contributed by atoms with Crippen LogP contribution in [0.4, 0.5) is 11.4 Å². The smallest absolute Gasteiger partial charge is 0.314 e. The highest BCUT2D eigenvalue weighted by Gasteiger charge is 2.14. The van der Waals surface area contributed by atoms with Crippen molar-refractivity contribution < 1.29 is 9.59 Å². The molecule has 0 aliphatic rings. The second kappa shape index (κ2) is 6.34. The first-order valence-corrected chi connectivity index (χ1v) is 6.79. The summed E-state index contributed by atoms with van der Waals surface area (Å²) in [6, 6.07) is 14.3. The highest BCUT2D eigenvalue weighted by atomic mass is 79.9. The standard InChI is InChI=1S/C15H13BrN2O2/c1-10-6-8-11(9-7-10)17-14(19)15(20)18-13-5-3-2-4-12(13)16/h2-9H,1H3,(H,17,19)(H,18,20). The van der Waals surface area contributed by atoms with Crippen LogP contribution in [-0.2, 0) is 9.59 Å². The molecular formula is C15H13BrN2O2. The predicted octanol–water partition coefficient (Wildman–Crippen LogP) is 3.33. The zero-order valence-electron chi connectivity index (χ0n) is 10.8. The average molecular weight is 333 g/mol. The van der Waals surface area contributed by atoms with E-state index in [9.17, 15) is 9.59 Å². The first-order chi connectivity index (χ1) is 9.56. The lowest BCUT2D eigenvalue weighted by molar-refractivity contribution is -0.133. The number of rotatable bonds is 2. The van der Waals surface area contributed by atoms with Crippen molar-refractivity contribution in [2.45, 2.75) is 6.92 Å². The molecule has 0 bridgehead atoms. The molecule has 0 spiro atoms. The molecule has 2 rings (SSSR count). The SMILES string of the molecule is Cc1ccc(NC(=O)C(=O)Nc2ccccc2Br)cc1. The summed E-state index contributed by atoms with van der Waals surface area (Å²) in [5.41, 5.74) is 2.22. The minimum absolute atomic E-state index is 0.552. The van der Waals surface area contributed by atoms with Crippen LogP contribution in [0.2, 0.25) is 0 Å². The number of amides is 2. The lowest BCUT2D eigenvalue weighted by atomic mass is 10.2. The van der Waals surface area contributed by atoms with Gasteiger partial charge in [-0.15, -0.1) is 0 Å². The molecule has 0 unspecified atom stereocenters. The van der Waals surface area contributed by atoms with Crippen LogP contribution in [0.15, 0.2) is 53.0 Å². The van der Waals surface area contributed by atoms with Crippen molar-refractivity contribution in [1.82, 2.24) is 0 Å². The van der Waals surface area contributed by atoms with Gasteiger partial charge in [-0.3, -0.25) is 9.59 Å². The Bertz CT molecular complexity index is 639. The van der Waals surface area contributed by atoms with Gasteiger partial charge in [-0.05, 0) is 47.1 Å². The molecule has 0 aliphatic heterocycles. The number of hydrogen-bond donors (Lipinski definition) is 2. The van der Waals surface area contributed by atoms with Crippen LogP contribution in [0.1, 0.15) is 5.56 Å². The van der Waals surface area contributed by atoms with Crippen molar-refractivity contribution in [3.63, 3.8) is 0 Å². The number of carbonyl (C=O) groups excluding carboxylic acids is 2. The molecule has 0 fully saturated rings. The highest BCUT2D eigenvalue weighted by Crippen LogP contribution is 2.21. The summed E-state index contributed by atoms with van der Waals surface area (Å²) in [6.07, 6.45) is 0. The molecule has 2 aromatic rings. The van der Waals surface area contributed by atoms with Crippen LogP contribution in [0.3, 0.4) is 0 Å². The summed E-state index contributed by atoms with van der Waals surface area (Å²) in [4.78, 5) is 23.6. The van der Waals surface area contributed by atoms with Gasteiger partial charge >= 0.3 is 11.8 Å². The quantitative estimate of drug-likeness (QED) is 0.828. The molecule has 2 N–H and O–H groups in total. The Morgan fingerprint density at radius 1 is 0.900 bits per heavy atom. The summed E-state index contributed by atoms with van der Waals surface area (Å²) in [7, 11) is 0. The number of anilines is 2. The van der Waals surface area contributed by atoms with Gasteiger partial charge in [0.2, 0.25) is 0 Å². The lowest BCUT2D eigenvalue weighted by Crippen LogP contribution is -2.29. The molecule has 2 aromatic carbocycles. The van der Waals surface area contributed by atoms with Gasteiger partial charge in [0, 0.05) is 10.2 Å². The van der Waals surface area contributed by atoms with E-state index in [1.54, 1.807) is 30.3 Å². The largest absolute Gasteiger partial charge is 0.318 e. The van der Waals surface area contributed by atoms with E-state index in [1.165, 1.54) is 0 Å². The summed E-state index contributed by atoms with van der Waals surface area (Å²) in [6.45, 7) is 1.95. The third-order valence-corrected chi connectivity index (χ3v) is 3.33. The van der Waals surface area contributed by atoms with E-state index in [2.05, 4.69) is 26.6 Å². The van der Waals surface area contributed by atoms with Crippen molar-refractivity contribution in [2.24, 2.45) is 0 Å². The van der Waals surface area contributed by atoms with Gasteiger partial charge in [0.1, 0.15) is 0 Å². The van der Waals surface area contributed by atoms with Gasteiger partial charge in [-0.2, -0.15) is 0 Å². The zero-order valence-corrected chi connectivity index (χ0v) is 12.4. The normalized spacial score (nSPS) is 9.90. The molecule has 0 aliphatic carbocycles. The van der Waals surface area contributed by atoms with Crippen LogP contribution < -0.4 is 10.6 Å². The maximum absolute atomic E-state index is 11.8. The van der Waals surface area contributed by atoms with Crippen molar-refractivity contribution in [1.29, 1.82) is 0 Å². The summed E-state index contributed by atoms with van der Waals surface area (Å²) in [5.74, 6) is -1.41. The van der Waals surface area contributed by atoms with Crippen LogP contribution >= 0.6 is 15.9 Å². The fourth-order valence-corrected chi connectivity index (χ4v) is 1.95. The van der Waals surface area contributed by atoms with Gasteiger partial charge in [0.05, 0.1) is 5.69 Å². The fraction of sp³-hybridized carbons (Fsp3) is 0.0667. The maximum atomic E-state index is 11.8. The monoisotopic (exact) mass is 332 g/mol. The predicted molar refractivity (Wildman–Crippen MR) is 82.6 cm³/mol. The van der Waals surface area contributed by atoms with E-state index >= 15 is 0 Å².